The molecule has 1 unspecified atom stereocenters. The summed E-state index contributed by atoms with van der Waals surface area (Å²) in [5.41, 5.74) is 1.14. The fourth-order valence-electron chi connectivity index (χ4n) is 1.83. The topological polar surface area (TPSA) is 66.9 Å². The summed E-state index contributed by atoms with van der Waals surface area (Å²) in [4.78, 5) is 16.2. The Morgan fingerprint density at radius 2 is 2.17 bits per heavy atom. The molecule has 0 aliphatic rings. The van der Waals surface area contributed by atoms with Crippen LogP contribution in [0.2, 0.25) is 0 Å². The number of aromatic nitrogens is 1. The highest BCUT2D eigenvalue weighted by Gasteiger charge is 2.24. The van der Waals surface area contributed by atoms with E-state index in [1.54, 1.807) is 30.6 Å². The Kier molecular flexibility index (Phi) is 3.54. The highest BCUT2D eigenvalue weighted by atomic mass is 16.3. The van der Waals surface area contributed by atoms with Crippen molar-refractivity contribution in [3.8, 4) is 6.07 Å². The van der Waals surface area contributed by atoms with Crippen molar-refractivity contribution < 1.29 is 9.21 Å². The lowest BCUT2D eigenvalue weighted by molar-refractivity contribution is 0.0977. The Morgan fingerprint density at radius 3 is 2.78 bits per heavy atom. The maximum absolute atomic E-state index is 12.3. The van der Waals surface area contributed by atoms with E-state index in [4.69, 9.17) is 4.42 Å². The molecule has 1 atom stereocenters. The van der Waals surface area contributed by atoms with Crippen LogP contribution in [0.5, 0.6) is 0 Å². The molecule has 4 heteroatoms. The fourth-order valence-corrected chi connectivity index (χ4v) is 1.83. The summed E-state index contributed by atoms with van der Waals surface area (Å²) in [6.45, 7) is 1.91. The van der Waals surface area contributed by atoms with Crippen LogP contribution in [0, 0.1) is 11.3 Å². The summed E-state index contributed by atoms with van der Waals surface area (Å²) in [5.74, 6) is -0.417. The van der Waals surface area contributed by atoms with Gasteiger partial charge >= 0.3 is 0 Å². The quantitative estimate of drug-likeness (QED) is 0.770. The first-order valence-corrected chi connectivity index (χ1v) is 5.68. The molecule has 2 rings (SSSR count). The first kappa shape index (κ1) is 12.1. The van der Waals surface area contributed by atoms with Crippen LogP contribution >= 0.6 is 0 Å². The maximum Gasteiger partial charge on any atom is 0.187 e. The number of pyridine rings is 1. The van der Waals surface area contributed by atoms with Crippen molar-refractivity contribution in [1.82, 2.24) is 4.98 Å². The number of carbonyl (C=O) groups excluding carboxylic acids is 1. The van der Waals surface area contributed by atoms with E-state index in [1.807, 2.05) is 13.0 Å². The molecule has 0 aromatic carbocycles. The number of carbonyl (C=O) groups is 1. The molecule has 0 saturated carbocycles. The van der Waals surface area contributed by atoms with Crippen molar-refractivity contribution in [3.63, 3.8) is 0 Å². The van der Waals surface area contributed by atoms with Gasteiger partial charge in [0.15, 0.2) is 5.78 Å². The molecule has 0 fully saturated rings. The first-order valence-electron chi connectivity index (χ1n) is 5.68. The van der Waals surface area contributed by atoms with Gasteiger partial charge in [0.25, 0.3) is 0 Å². The highest BCUT2D eigenvalue weighted by Crippen LogP contribution is 2.23. The first-order chi connectivity index (χ1) is 8.77. The third-order valence-electron chi connectivity index (χ3n) is 2.76. The van der Waals surface area contributed by atoms with Gasteiger partial charge in [-0.2, -0.15) is 5.26 Å². The molecule has 0 amide bonds. The standard InChI is InChI=1S/C14H12N2O2/c1-2-13-11(5-8-18-13)14(17)12(9-15)10-3-6-16-7-4-10/h3-8,12H,2H2,1H3. The van der Waals surface area contributed by atoms with Crippen molar-refractivity contribution in [3.05, 3.63) is 53.7 Å². The Hall–Kier alpha value is -2.41. The van der Waals surface area contributed by atoms with E-state index in [0.717, 1.165) is 0 Å². The van der Waals surface area contributed by atoms with E-state index in [1.165, 1.54) is 6.26 Å². The Morgan fingerprint density at radius 1 is 1.44 bits per heavy atom. The van der Waals surface area contributed by atoms with E-state index in [2.05, 4.69) is 4.98 Å². The molecule has 18 heavy (non-hydrogen) atoms. The number of nitriles is 1. The van der Waals surface area contributed by atoms with Gasteiger partial charge in [-0.25, -0.2) is 0 Å². The molecule has 0 aliphatic heterocycles. The molecule has 0 radical (unpaired) electrons. The lowest BCUT2D eigenvalue weighted by atomic mass is 9.92. The number of hydrogen-bond acceptors (Lipinski definition) is 4. The van der Waals surface area contributed by atoms with E-state index in [-0.39, 0.29) is 5.78 Å². The summed E-state index contributed by atoms with van der Waals surface area (Å²) in [6, 6.07) is 7.01. The zero-order valence-corrected chi connectivity index (χ0v) is 9.96. The summed E-state index contributed by atoms with van der Waals surface area (Å²) in [6.07, 6.45) is 5.25. The SMILES string of the molecule is CCc1occc1C(=O)C(C#N)c1ccncc1. The van der Waals surface area contributed by atoms with Gasteiger partial charge in [-0.1, -0.05) is 6.92 Å². The molecule has 2 heterocycles. The number of hydrogen-bond donors (Lipinski definition) is 0. The summed E-state index contributed by atoms with van der Waals surface area (Å²) in [7, 11) is 0. The third kappa shape index (κ3) is 2.16. The number of nitrogens with zero attached hydrogens (tertiary/aromatic N) is 2. The van der Waals surface area contributed by atoms with Crippen molar-refractivity contribution >= 4 is 5.78 Å². The Bertz CT molecular complexity index is 581. The number of aryl methyl sites for hydroxylation is 1. The molecule has 2 aromatic heterocycles. The lowest BCUT2D eigenvalue weighted by Gasteiger charge is -2.07. The second-order valence-corrected chi connectivity index (χ2v) is 3.82. The van der Waals surface area contributed by atoms with Gasteiger partial charge in [0.2, 0.25) is 0 Å². The van der Waals surface area contributed by atoms with Gasteiger partial charge in [0.05, 0.1) is 17.9 Å². The van der Waals surface area contributed by atoms with Crippen LogP contribution in [-0.4, -0.2) is 10.8 Å². The van der Waals surface area contributed by atoms with Gasteiger partial charge in [-0.15, -0.1) is 0 Å². The number of ketones is 1. The van der Waals surface area contributed by atoms with Gasteiger partial charge < -0.3 is 4.42 Å². The second kappa shape index (κ2) is 5.28. The van der Waals surface area contributed by atoms with Gasteiger partial charge in [-0.3, -0.25) is 9.78 Å². The largest absolute Gasteiger partial charge is 0.469 e. The Balaban J connectivity index is 2.36. The molecule has 0 saturated heterocycles. The predicted molar refractivity (Wildman–Crippen MR) is 65.0 cm³/mol. The summed E-state index contributed by atoms with van der Waals surface area (Å²) < 4.78 is 5.22. The predicted octanol–water partition coefficient (Wildman–Crippen LogP) is 2.73. The van der Waals surface area contributed by atoms with Crippen molar-refractivity contribution in [1.29, 1.82) is 5.26 Å². The zero-order valence-electron chi connectivity index (χ0n) is 9.96. The monoisotopic (exact) mass is 240 g/mol. The van der Waals surface area contributed by atoms with Crippen LogP contribution in [0.25, 0.3) is 0 Å². The average molecular weight is 240 g/mol. The van der Waals surface area contributed by atoms with Crippen LogP contribution in [0.15, 0.2) is 41.3 Å². The van der Waals surface area contributed by atoms with Crippen LogP contribution in [0.4, 0.5) is 0 Å². The average Bonchev–Trinajstić information content (AvgIpc) is 2.89. The molecule has 0 spiro atoms. The highest BCUT2D eigenvalue weighted by molar-refractivity contribution is 6.03. The van der Waals surface area contributed by atoms with E-state index in [9.17, 15) is 10.1 Å². The van der Waals surface area contributed by atoms with Crippen molar-refractivity contribution in [2.75, 3.05) is 0 Å². The van der Waals surface area contributed by atoms with E-state index < -0.39 is 5.92 Å². The van der Waals surface area contributed by atoms with Gasteiger partial charge in [0, 0.05) is 18.8 Å². The van der Waals surface area contributed by atoms with E-state index >= 15 is 0 Å². The zero-order chi connectivity index (χ0) is 13.0. The third-order valence-corrected chi connectivity index (χ3v) is 2.76. The number of Topliss-reactive ketones (excluding diaryl/α,β-unsaturated/α-hetero) is 1. The molecule has 0 aliphatic carbocycles. The molecule has 2 aromatic rings. The normalized spacial score (nSPS) is 11.8. The maximum atomic E-state index is 12.3. The molecule has 90 valence electrons. The minimum atomic E-state index is -0.809. The van der Waals surface area contributed by atoms with Gasteiger partial charge in [0.1, 0.15) is 11.7 Å². The second-order valence-electron chi connectivity index (χ2n) is 3.82. The van der Waals surface area contributed by atoms with Crippen molar-refractivity contribution in [2.45, 2.75) is 19.3 Å². The molecular formula is C14H12N2O2. The smallest absolute Gasteiger partial charge is 0.187 e. The van der Waals surface area contributed by atoms with Crippen LogP contribution in [-0.2, 0) is 6.42 Å². The number of rotatable bonds is 4. The molecule has 0 bridgehead atoms. The van der Waals surface area contributed by atoms with Gasteiger partial charge in [-0.05, 0) is 23.8 Å². The van der Waals surface area contributed by atoms with E-state index in [0.29, 0.717) is 23.3 Å². The molecule has 0 N–H and O–H groups in total. The van der Waals surface area contributed by atoms with Crippen LogP contribution in [0.1, 0.15) is 34.5 Å². The number of furan rings is 1. The lowest BCUT2D eigenvalue weighted by Crippen LogP contribution is -2.12. The fraction of sp³-hybridized carbons (Fsp3) is 0.214. The van der Waals surface area contributed by atoms with Crippen molar-refractivity contribution in [2.24, 2.45) is 0 Å². The molecule has 4 nitrogen and oxygen atoms in total. The van der Waals surface area contributed by atoms with Crippen LogP contribution in [0.3, 0.4) is 0 Å². The van der Waals surface area contributed by atoms with Crippen LogP contribution < -0.4 is 0 Å². The summed E-state index contributed by atoms with van der Waals surface area (Å²) in [5, 5.41) is 9.19. The minimum absolute atomic E-state index is 0.227. The minimum Gasteiger partial charge on any atom is -0.469 e. The molecular weight excluding hydrogens is 228 g/mol. The summed E-state index contributed by atoms with van der Waals surface area (Å²) >= 11 is 0. The Labute approximate surface area is 105 Å².